The van der Waals surface area contributed by atoms with E-state index in [2.05, 4.69) is 4.98 Å². The molecule has 0 fully saturated rings. The summed E-state index contributed by atoms with van der Waals surface area (Å²) in [5.74, 6) is -1.19. The second kappa shape index (κ2) is 6.45. The summed E-state index contributed by atoms with van der Waals surface area (Å²) in [6.45, 7) is 1.83. The van der Waals surface area contributed by atoms with E-state index in [0.29, 0.717) is 16.6 Å². The van der Waals surface area contributed by atoms with Crippen LogP contribution in [0.15, 0.2) is 46.0 Å². The Morgan fingerprint density at radius 3 is 2.67 bits per heavy atom. The number of fused-ring (bicyclic) bond motifs is 1. The van der Waals surface area contributed by atoms with Gasteiger partial charge in [0.1, 0.15) is 10.9 Å². The van der Waals surface area contributed by atoms with Crippen LogP contribution in [0.3, 0.4) is 0 Å². The third-order valence-corrected chi connectivity index (χ3v) is 4.86. The Kier molecular flexibility index (Phi) is 4.35. The van der Waals surface area contributed by atoms with Gasteiger partial charge in [0, 0.05) is 4.88 Å². The average Bonchev–Trinajstić information content (AvgIpc) is 2.91. The molecule has 1 atom stereocenters. The first-order valence-corrected chi connectivity index (χ1v) is 8.30. The van der Waals surface area contributed by atoms with Crippen molar-refractivity contribution in [3.63, 3.8) is 0 Å². The van der Waals surface area contributed by atoms with Crippen LogP contribution in [-0.4, -0.2) is 20.6 Å². The van der Waals surface area contributed by atoms with Crippen LogP contribution in [0, 0.1) is 6.92 Å². The molecule has 0 amide bonds. The predicted octanol–water partition coefficient (Wildman–Crippen LogP) is 2.32. The first-order valence-electron chi connectivity index (χ1n) is 7.49. The van der Waals surface area contributed by atoms with Gasteiger partial charge in [0.25, 0.3) is 5.56 Å². The molecule has 2 heterocycles. The van der Waals surface area contributed by atoms with E-state index in [0.717, 1.165) is 15.0 Å². The largest absolute Gasteiger partial charge is 0.480 e. The number of nitrogens with zero attached hydrogens (tertiary/aromatic N) is 1. The Balaban J connectivity index is 2.02. The van der Waals surface area contributed by atoms with Crippen molar-refractivity contribution < 1.29 is 9.90 Å². The molecule has 0 saturated heterocycles. The topological polar surface area (TPSA) is 92.2 Å². The highest BCUT2D eigenvalue weighted by molar-refractivity contribution is 7.18. The van der Waals surface area contributed by atoms with Crippen molar-refractivity contribution in [2.75, 3.05) is 0 Å². The van der Waals surface area contributed by atoms with E-state index in [1.165, 1.54) is 11.3 Å². The lowest BCUT2D eigenvalue weighted by atomic mass is 10.1. The number of aromatic nitrogens is 2. The highest BCUT2D eigenvalue weighted by Gasteiger charge is 2.24. The van der Waals surface area contributed by atoms with Gasteiger partial charge in [-0.15, -0.1) is 11.3 Å². The summed E-state index contributed by atoms with van der Waals surface area (Å²) in [6.07, 6.45) is 0.626. The number of nitrogens with one attached hydrogen (secondary N) is 1. The first-order chi connectivity index (χ1) is 11.5. The maximum Gasteiger partial charge on any atom is 0.330 e. The maximum atomic E-state index is 12.6. The number of carbonyl (C=O) groups is 1. The van der Waals surface area contributed by atoms with Crippen molar-refractivity contribution in [3.05, 3.63) is 67.7 Å². The van der Waals surface area contributed by atoms with E-state index in [4.69, 9.17) is 0 Å². The van der Waals surface area contributed by atoms with Gasteiger partial charge in [-0.25, -0.2) is 14.2 Å². The summed E-state index contributed by atoms with van der Waals surface area (Å²) in [5, 5.41) is 9.87. The summed E-state index contributed by atoms with van der Waals surface area (Å²) in [6, 6.07) is 9.85. The lowest BCUT2D eigenvalue weighted by Gasteiger charge is -2.14. The van der Waals surface area contributed by atoms with Crippen LogP contribution in [0.25, 0.3) is 10.2 Å². The average molecular weight is 344 g/mol. The Bertz CT molecular complexity index is 1000. The number of aliphatic carboxylic acids is 1. The molecule has 1 unspecified atom stereocenters. The highest BCUT2D eigenvalue weighted by Crippen LogP contribution is 2.20. The number of carboxylic acid groups (broad SMARTS) is 1. The molecule has 6 nitrogen and oxygen atoms in total. The number of hydrogen-bond donors (Lipinski definition) is 2. The van der Waals surface area contributed by atoms with Crippen molar-refractivity contribution >= 4 is 27.5 Å². The highest BCUT2D eigenvalue weighted by atomic mass is 32.1. The lowest BCUT2D eigenvalue weighted by molar-refractivity contribution is -0.141. The number of benzene rings is 1. The molecular weight excluding hydrogens is 328 g/mol. The first kappa shape index (κ1) is 16.2. The molecule has 3 aromatic rings. The summed E-state index contributed by atoms with van der Waals surface area (Å²) >= 11 is 1.30. The number of thiophene rings is 1. The van der Waals surface area contributed by atoms with E-state index in [1.807, 2.05) is 37.3 Å². The zero-order valence-corrected chi connectivity index (χ0v) is 13.8. The van der Waals surface area contributed by atoms with Gasteiger partial charge in [-0.2, -0.15) is 0 Å². The van der Waals surface area contributed by atoms with Crippen molar-refractivity contribution in [3.8, 4) is 0 Å². The van der Waals surface area contributed by atoms with Crippen molar-refractivity contribution in [1.82, 2.24) is 9.55 Å². The van der Waals surface area contributed by atoms with Crippen molar-refractivity contribution in [2.24, 2.45) is 0 Å². The van der Waals surface area contributed by atoms with Gasteiger partial charge in [0.15, 0.2) is 0 Å². The number of carboxylic acids is 1. The Hall–Kier alpha value is -2.67. The second-order valence-corrected chi connectivity index (χ2v) is 6.84. The normalized spacial score (nSPS) is 12.4. The monoisotopic (exact) mass is 344 g/mol. The molecule has 1 aromatic carbocycles. The van der Waals surface area contributed by atoms with E-state index in [1.54, 1.807) is 6.07 Å². The van der Waals surface area contributed by atoms with Crippen LogP contribution in [-0.2, 0) is 11.2 Å². The Labute approximate surface area is 141 Å². The molecule has 24 heavy (non-hydrogen) atoms. The van der Waals surface area contributed by atoms with E-state index < -0.39 is 23.3 Å². The third-order valence-electron chi connectivity index (χ3n) is 3.89. The summed E-state index contributed by atoms with van der Waals surface area (Å²) in [7, 11) is 0. The van der Waals surface area contributed by atoms with Gasteiger partial charge in [0.2, 0.25) is 0 Å². The fourth-order valence-electron chi connectivity index (χ4n) is 2.74. The fraction of sp³-hybridized carbons (Fsp3) is 0.235. The van der Waals surface area contributed by atoms with Gasteiger partial charge in [-0.05, 0) is 31.4 Å². The molecule has 0 saturated carbocycles. The van der Waals surface area contributed by atoms with E-state index in [9.17, 15) is 19.5 Å². The second-order valence-electron chi connectivity index (χ2n) is 5.58. The van der Waals surface area contributed by atoms with Gasteiger partial charge in [0.05, 0.1) is 5.39 Å². The molecule has 0 aliphatic carbocycles. The molecule has 0 aliphatic rings. The van der Waals surface area contributed by atoms with Crippen LogP contribution < -0.4 is 11.2 Å². The lowest BCUT2D eigenvalue weighted by Crippen LogP contribution is -2.40. The molecular formula is C17H16N2O4S. The van der Waals surface area contributed by atoms with Gasteiger partial charge >= 0.3 is 11.7 Å². The Morgan fingerprint density at radius 1 is 1.29 bits per heavy atom. The fourth-order valence-corrected chi connectivity index (χ4v) is 3.63. The number of hydrogen-bond acceptors (Lipinski definition) is 4. The number of H-pyrrole nitrogens is 1. The van der Waals surface area contributed by atoms with Crippen LogP contribution >= 0.6 is 11.3 Å². The summed E-state index contributed by atoms with van der Waals surface area (Å²) < 4.78 is 0.819. The minimum atomic E-state index is -1.20. The van der Waals surface area contributed by atoms with Crippen LogP contribution in [0.1, 0.15) is 22.9 Å². The van der Waals surface area contributed by atoms with Crippen LogP contribution in [0.2, 0.25) is 0 Å². The third kappa shape index (κ3) is 3.03. The van der Waals surface area contributed by atoms with E-state index in [-0.39, 0.29) is 6.42 Å². The van der Waals surface area contributed by atoms with Crippen molar-refractivity contribution in [1.29, 1.82) is 0 Å². The number of aryl methyl sites for hydroxylation is 2. The molecule has 7 heteroatoms. The predicted molar refractivity (Wildman–Crippen MR) is 92.9 cm³/mol. The van der Waals surface area contributed by atoms with Crippen LogP contribution in [0.5, 0.6) is 0 Å². The van der Waals surface area contributed by atoms with Gasteiger partial charge in [-0.1, -0.05) is 30.3 Å². The molecule has 0 spiro atoms. The summed E-state index contributed by atoms with van der Waals surface area (Å²) in [5.41, 5.74) is -0.283. The van der Waals surface area contributed by atoms with Gasteiger partial charge in [-0.3, -0.25) is 9.78 Å². The number of aromatic amines is 1. The zero-order valence-electron chi connectivity index (χ0n) is 13.0. The smallest absolute Gasteiger partial charge is 0.330 e. The maximum absolute atomic E-state index is 12.6. The summed E-state index contributed by atoms with van der Waals surface area (Å²) in [4.78, 5) is 40.5. The molecule has 0 radical (unpaired) electrons. The van der Waals surface area contributed by atoms with E-state index >= 15 is 0 Å². The Morgan fingerprint density at radius 2 is 2.00 bits per heavy atom. The van der Waals surface area contributed by atoms with Gasteiger partial charge < -0.3 is 5.11 Å². The molecule has 2 N–H and O–H groups in total. The molecule has 2 aromatic heterocycles. The minimum Gasteiger partial charge on any atom is -0.480 e. The standard InChI is InChI=1S/C17H16N2O4S/c1-10-9-12-14(24-10)18-17(23)19(15(12)20)13(16(21)22)8-7-11-5-3-2-4-6-11/h2-6,9,13H,7-8H2,1H3,(H,18,23)(H,21,22). The SMILES string of the molecule is Cc1cc2c(=O)n(C(CCc3ccccc3)C(=O)O)c(=O)[nH]c2s1. The quantitative estimate of drug-likeness (QED) is 0.743. The molecule has 3 rings (SSSR count). The molecule has 0 bridgehead atoms. The molecule has 0 aliphatic heterocycles. The number of rotatable bonds is 5. The van der Waals surface area contributed by atoms with Crippen molar-refractivity contribution in [2.45, 2.75) is 25.8 Å². The van der Waals surface area contributed by atoms with Crippen LogP contribution in [0.4, 0.5) is 0 Å². The minimum absolute atomic E-state index is 0.164. The molecule has 124 valence electrons. The zero-order chi connectivity index (χ0) is 17.3.